The Balaban J connectivity index is 1.68. The number of hydrogen-bond acceptors (Lipinski definition) is 4. The Kier molecular flexibility index (Phi) is 5.86. The minimum absolute atomic E-state index is 0.112. The fraction of sp³-hybridized carbons (Fsp3) is 0.217. The van der Waals surface area contributed by atoms with E-state index in [4.69, 9.17) is 11.6 Å². The lowest BCUT2D eigenvalue weighted by Gasteiger charge is -2.20. The number of carbonyl (C=O) groups is 1. The third kappa shape index (κ3) is 4.51. The molecule has 2 aromatic heterocycles. The van der Waals surface area contributed by atoms with Crippen LogP contribution in [0, 0.1) is 13.8 Å². The average molecular weight is 436 g/mol. The van der Waals surface area contributed by atoms with Crippen molar-refractivity contribution in [3.63, 3.8) is 0 Å². The molecule has 0 atom stereocenters. The molecule has 0 aliphatic carbocycles. The number of rotatable bonds is 6. The predicted molar refractivity (Wildman–Crippen MR) is 120 cm³/mol. The van der Waals surface area contributed by atoms with Gasteiger partial charge < -0.3 is 0 Å². The molecule has 0 aliphatic heterocycles. The fourth-order valence-corrected chi connectivity index (χ4v) is 3.42. The molecule has 0 aliphatic rings. The van der Waals surface area contributed by atoms with Crippen molar-refractivity contribution in [2.45, 2.75) is 33.2 Å². The molecule has 0 fully saturated rings. The number of nitrogens with zero attached hydrogens (tertiary/aromatic N) is 4. The molecule has 158 valence electrons. The number of fused-ring (bicyclic) bond motifs is 1. The summed E-state index contributed by atoms with van der Waals surface area (Å²) in [6, 6.07) is 17.1. The minimum Gasteiger partial charge on any atom is -0.277 e. The van der Waals surface area contributed by atoms with E-state index in [0.717, 1.165) is 11.1 Å². The Labute approximate surface area is 184 Å². The number of H-pyrrole nitrogens is 1. The highest BCUT2D eigenvalue weighted by atomic mass is 35.5. The van der Waals surface area contributed by atoms with E-state index in [1.165, 1.54) is 4.52 Å². The second-order valence-electron chi connectivity index (χ2n) is 7.40. The van der Waals surface area contributed by atoms with Crippen molar-refractivity contribution in [3.8, 4) is 0 Å². The zero-order valence-electron chi connectivity index (χ0n) is 17.3. The number of anilines is 1. The van der Waals surface area contributed by atoms with Crippen molar-refractivity contribution < 1.29 is 4.79 Å². The van der Waals surface area contributed by atoms with Gasteiger partial charge in [-0.25, -0.2) is 4.98 Å². The molecular weight excluding hydrogens is 414 g/mol. The molecular formula is C23H22ClN5O2. The SMILES string of the molecule is Cc1nc2nc(N(Cc3ccc(Cl)cc3)C(=O)CCc3ccccc3)[nH]n2c(=O)c1C. The van der Waals surface area contributed by atoms with Gasteiger partial charge in [0.1, 0.15) is 0 Å². The van der Waals surface area contributed by atoms with Crippen LogP contribution in [0.1, 0.15) is 28.8 Å². The molecule has 1 amide bonds. The number of halogens is 1. The number of aromatic amines is 1. The van der Waals surface area contributed by atoms with Gasteiger partial charge >= 0.3 is 0 Å². The van der Waals surface area contributed by atoms with Gasteiger partial charge in [-0.05, 0) is 43.5 Å². The van der Waals surface area contributed by atoms with E-state index in [1.807, 2.05) is 42.5 Å². The van der Waals surface area contributed by atoms with E-state index < -0.39 is 0 Å². The molecule has 0 unspecified atom stereocenters. The lowest BCUT2D eigenvalue weighted by atomic mass is 10.1. The van der Waals surface area contributed by atoms with Crippen LogP contribution in [0.3, 0.4) is 0 Å². The van der Waals surface area contributed by atoms with Gasteiger partial charge in [0.15, 0.2) is 0 Å². The van der Waals surface area contributed by atoms with Crippen molar-refractivity contribution in [1.82, 2.24) is 19.6 Å². The summed E-state index contributed by atoms with van der Waals surface area (Å²) in [5.41, 5.74) is 2.89. The number of aryl methyl sites for hydroxylation is 2. The predicted octanol–water partition coefficient (Wildman–Crippen LogP) is 3.85. The number of amides is 1. The third-order valence-corrected chi connectivity index (χ3v) is 5.49. The molecule has 4 aromatic rings. The fourth-order valence-electron chi connectivity index (χ4n) is 3.30. The first-order valence-corrected chi connectivity index (χ1v) is 10.3. The van der Waals surface area contributed by atoms with Crippen LogP contribution in [0.25, 0.3) is 5.78 Å². The normalized spacial score (nSPS) is 11.1. The van der Waals surface area contributed by atoms with E-state index in [2.05, 4.69) is 15.1 Å². The topological polar surface area (TPSA) is 83.4 Å². The molecule has 2 aromatic carbocycles. The van der Waals surface area contributed by atoms with Crippen molar-refractivity contribution in [1.29, 1.82) is 0 Å². The Hall–Kier alpha value is -3.45. The summed E-state index contributed by atoms with van der Waals surface area (Å²) in [5, 5.41) is 3.57. The van der Waals surface area contributed by atoms with Crippen LogP contribution >= 0.6 is 11.6 Å². The Morgan fingerprint density at radius 2 is 1.74 bits per heavy atom. The van der Waals surface area contributed by atoms with Crippen molar-refractivity contribution in [2.24, 2.45) is 0 Å². The van der Waals surface area contributed by atoms with Crippen LogP contribution in [0.4, 0.5) is 5.95 Å². The molecule has 2 heterocycles. The highest BCUT2D eigenvalue weighted by molar-refractivity contribution is 6.30. The van der Waals surface area contributed by atoms with Crippen LogP contribution in [0.15, 0.2) is 59.4 Å². The maximum Gasteiger partial charge on any atom is 0.277 e. The first kappa shape index (κ1) is 20.8. The highest BCUT2D eigenvalue weighted by Gasteiger charge is 2.21. The maximum atomic E-state index is 13.2. The maximum absolute atomic E-state index is 13.2. The number of carbonyl (C=O) groups excluding carboxylic acids is 1. The van der Waals surface area contributed by atoms with Gasteiger partial charge in [-0.1, -0.05) is 54.1 Å². The summed E-state index contributed by atoms with van der Waals surface area (Å²) in [4.78, 5) is 36.2. The molecule has 0 spiro atoms. The quantitative estimate of drug-likeness (QED) is 0.498. The molecule has 0 radical (unpaired) electrons. The molecule has 1 N–H and O–H groups in total. The molecule has 0 bridgehead atoms. The molecule has 4 rings (SSSR count). The molecule has 0 saturated carbocycles. The van der Waals surface area contributed by atoms with E-state index in [-0.39, 0.29) is 29.7 Å². The molecule has 8 heteroatoms. The molecule has 31 heavy (non-hydrogen) atoms. The largest absolute Gasteiger partial charge is 0.277 e. The summed E-state index contributed by atoms with van der Waals surface area (Å²) in [5.74, 6) is 0.405. The zero-order valence-corrected chi connectivity index (χ0v) is 18.1. The highest BCUT2D eigenvalue weighted by Crippen LogP contribution is 2.18. The Bertz CT molecular complexity index is 1280. The third-order valence-electron chi connectivity index (χ3n) is 5.23. The second kappa shape index (κ2) is 8.73. The Morgan fingerprint density at radius 3 is 2.45 bits per heavy atom. The molecule has 0 saturated heterocycles. The Morgan fingerprint density at radius 1 is 1.03 bits per heavy atom. The van der Waals surface area contributed by atoms with E-state index >= 15 is 0 Å². The summed E-state index contributed by atoms with van der Waals surface area (Å²) in [6.45, 7) is 3.77. The monoisotopic (exact) mass is 435 g/mol. The van der Waals surface area contributed by atoms with Crippen LogP contribution in [0.5, 0.6) is 0 Å². The lowest BCUT2D eigenvalue weighted by Crippen LogP contribution is -2.32. The van der Waals surface area contributed by atoms with Crippen LogP contribution in [-0.4, -0.2) is 25.5 Å². The summed E-state index contributed by atoms with van der Waals surface area (Å²) in [6.07, 6.45) is 0.905. The summed E-state index contributed by atoms with van der Waals surface area (Å²) < 4.78 is 1.27. The number of nitrogens with one attached hydrogen (secondary N) is 1. The number of hydrogen-bond donors (Lipinski definition) is 1. The van der Waals surface area contributed by atoms with Crippen molar-refractivity contribution in [2.75, 3.05) is 4.90 Å². The van der Waals surface area contributed by atoms with E-state index in [1.54, 1.807) is 30.9 Å². The van der Waals surface area contributed by atoms with Gasteiger partial charge in [-0.2, -0.15) is 9.50 Å². The molecule has 7 nitrogen and oxygen atoms in total. The van der Waals surface area contributed by atoms with Crippen LogP contribution < -0.4 is 10.5 Å². The standard InChI is InChI=1S/C23H22ClN5O2/c1-15-16(2)25-22-26-23(27-29(22)21(15)31)28(14-18-8-11-19(24)12-9-18)20(30)13-10-17-6-4-3-5-7-17/h3-9,11-12H,10,13-14H2,1-2H3,(H,25,26,27). The lowest BCUT2D eigenvalue weighted by molar-refractivity contribution is -0.118. The number of benzene rings is 2. The second-order valence-corrected chi connectivity index (χ2v) is 7.84. The van der Waals surface area contributed by atoms with Crippen LogP contribution in [-0.2, 0) is 17.8 Å². The van der Waals surface area contributed by atoms with Crippen molar-refractivity contribution in [3.05, 3.63) is 92.4 Å². The number of aromatic nitrogens is 4. The van der Waals surface area contributed by atoms with Gasteiger partial charge in [-0.3, -0.25) is 19.6 Å². The van der Waals surface area contributed by atoms with Crippen LogP contribution in [0.2, 0.25) is 5.02 Å². The minimum atomic E-state index is -0.232. The van der Waals surface area contributed by atoms with Gasteiger partial charge in [0.05, 0.1) is 6.54 Å². The van der Waals surface area contributed by atoms with E-state index in [9.17, 15) is 9.59 Å². The van der Waals surface area contributed by atoms with Gasteiger partial charge in [-0.15, -0.1) is 0 Å². The first-order chi connectivity index (χ1) is 14.9. The van der Waals surface area contributed by atoms with Crippen molar-refractivity contribution >= 4 is 29.2 Å². The summed E-state index contributed by atoms with van der Waals surface area (Å²) in [7, 11) is 0. The summed E-state index contributed by atoms with van der Waals surface area (Å²) >= 11 is 6.00. The van der Waals surface area contributed by atoms with Gasteiger partial charge in [0.25, 0.3) is 11.3 Å². The van der Waals surface area contributed by atoms with E-state index in [0.29, 0.717) is 29.1 Å². The van der Waals surface area contributed by atoms with Gasteiger partial charge in [0, 0.05) is 22.7 Å². The average Bonchev–Trinajstić information content (AvgIpc) is 3.20. The first-order valence-electron chi connectivity index (χ1n) is 9.97. The zero-order chi connectivity index (χ0) is 22.0. The smallest absolute Gasteiger partial charge is 0.277 e. The van der Waals surface area contributed by atoms with Gasteiger partial charge in [0.2, 0.25) is 11.9 Å².